The van der Waals surface area contributed by atoms with E-state index in [0.29, 0.717) is 6.04 Å². The maximum Gasteiger partial charge on any atom is 0.110 e. The first-order valence-electron chi connectivity index (χ1n) is 5.08. The van der Waals surface area contributed by atoms with Gasteiger partial charge in [-0.2, -0.15) is 0 Å². The van der Waals surface area contributed by atoms with Crippen molar-refractivity contribution in [2.45, 2.75) is 31.8 Å². The zero-order chi connectivity index (χ0) is 10.3. The van der Waals surface area contributed by atoms with Crippen LogP contribution in [0.3, 0.4) is 0 Å². The topological polar surface area (TPSA) is 42.4 Å². The molecule has 78 valence electrons. The van der Waals surface area contributed by atoms with Gasteiger partial charge in [0, 0.05) is 24.1 Å². The van der Waals surface area contributed by atoms with Gasteiger partial charge in [0.2, 0.25) is 0 Å². The second-order valence-corrected chi connectivity index (χ2v) is 4.43. The summed E-state index contributed by atoms with van der Waals surface area (Å²) < 4.78 is 5.53. The van der Waals surface area contributed by atoms with Crippen molar-refractivity contribution >= 4 is 0 Å². The van der Waals surface area contributed by atoms with Crippen molar-refractivity contribution in [2.75, 3.05) is 14.1 Å². The molecule has 0 spiro atoms. The summed E-state index contributed by atoms with van der Waals surface area (Å²) in [7, 11) is 4.19. The lowest BCUT2D eigenvalue weighted by atomic mass is 9.87. The van der Waals surface area contributed by atoms with E-state index in [-0.39, 0.29) is 6.04 Å². The van der Waals surface area contributed by atoms with Gasteiger partial charge in [-0.3, -0.25) is 0 Å². The zero-order valence-corrected chi connectivity index (χ0v) is 9.08. The normalized spacial score (nSPS) is 26.6. The monoisotopic (exact) mass is 194 g/mol. The summed E-state index contributed by atoms with van der Waals surface area (Å²) in [6, 6.07) is 0.660. The lowest BCUT2D eigenvalue weighted by Crippen LogP contribution is -2.35. The number of rotatable bonds is 1. The molecule has 0 bridgehead atoms. The molecule has 0 saturated carbocycles. The number of furan rings is 1. The highest BCUT2D eigenvalue weighted by atomic mass is 16.3. The van der Waals surface area contributed by atoms with E-state index in [9.17, 15) is 0 Å². The lowest BCUT2D eigenvalue weighted by molar-refractivity contribution is 0.245. The van der Waals surface area contributed by atoms with Crippen molar-refractivity contribution in [1.29, 1.82) is 0 Å². The van der Waals surface area contributed by atoms with Crippen LogP contribution in [0.15, 0.2) is 10.7 Å². The van der Waals surface area contributed by atoms with Crippen LogP contribution in [-0.4, -0.2) is 25.0 Å². The van der Waals surface area contributed by atoms with Gasteiger partial charge >= 0.3 is 0 Å². The van der Waals surface area contributed by atoms with Crippen LogP contribution in [0.2, 0.25) is 0 Å². The van der Waals surface area contributed by atoms with Gasteiger partial charge in [0.05, 0.1) is 6.26 Å². The van der Waals surface area contributed by atoms with Crippen LogP contribution in [0, 0.1) is 6.92 Å². The van der Waals surface area contributed by atoms with Crippen molar-refractivity contribution in [2.24, 2.45) is 5.73 Å². The summed E-state index contributed by atoms with van der Waals surface area (Å²) in [5, 5.41) is 0. The standard InChI is InChI=1S/C11H18N2O/c1-7-6-14-10-5-8(12)4-9(11(7)10)13(2)3/h6,8-9H,4-5,12H2,1-3H3. The molecule has 14 heavy (non-hydrogen) atoms. The Morgan fingerprint density at radius 2 is 2.21 bits per heavy atom. The first-order chi connectivity index (χ1) is 6.59. The molecule has 2 unspecified atom stereocenters. The Kier molecular flexibility index (Phi) is 2.37. The van der Waals surface area contributed by atoms with Crippen LogP contribution in [0.5, 0.6) is 0 Å². The molecule has 0 radical (unpaired) electrons. The minimum atomic E-state index is 0.237. The number of nitrogens with zero attached hydrogens (tertiary/aromatic N) is 1. The Morgan fingerprint density at radius 3 is 2.86 bits per heavy atom. The molecule has 1 heterocycles. The third-order valence-corrected chi connectivity index (χ3v) is 3.03. The predicted octanol–water partition coefficient (Wildman–Crippen LogP) is 1.46. The highest BCUT2D eigenvalue weighted by Crippen LogP contribution is 2.35. The van der Waals surface area contributed by atoms with E-state index in [1.807, 2.05) is 6.26 Å². The Labute approximate surface area is 84.9 Å². The Bertz CT molecular complexity index is 330. The summed E-state index contributed by atoms with van der Waals surface area (Å²) in [5.74, 6) is 1.08. The minimum absolute atomic E-state index is 0.237. The Balaban J connectivity index is 2.41. The van der Waals surface area contributed by atoms with Crippen LogP contribution in [0.4, 0.5) is 0 Å². The Morgan fingerprint density at radius 1 is 1.50 bits per heavy atom. The molecule has 3 heteroatoms. The van der Waals surface area contributed by atoms with Gasteiger partial charge in [-0.15, -0.1) is 0 Å². The van der Waals surface area contributed by atoms with Crippen molar-refractivity contribution in [1.82, 2.24) is 4.90 Å². The third kappa shape index (κ3) is 1.47. The molecule has 0 saturated heterocycles. The number of nitrogens with two attached hydrogens (primary N) is 1. The van der Waals surface area contributed by atoms with E-state index < -0.39 is 0 Å². The molecule has 0 aliphatic heterocycles. The maximum atomic E-state index is 6.00. The molecule has 1 aromatic rings. The number of hydrogen-bond donors (Lipinski definition) is 1. The van der Waals surface area contributed by atoms with Gasteiger partial charge < -0.3 is 15.1 Å². The van der Waals surface area contributed by atoms with Crippen molar-refractivity contribution in [3.8, 4) is 0 Å². The number of hydrogen-bond acceptors (Lipinski definition) is 3. The van der Waals surface area contributed by atoms with Crippen molar-refractivity contribution < 1.29 is 4.42 Å². The van der Waals surface area contributed by atoms with E-state index >= 15 is 0 Å². The fourth-order valence-corrected chi connectivity index (χ4v) is 2.31. The van der Waals surface area contributed by atoms with E-state index in [0.717, 1.165) is 18.6 Å². The molecule has 1 aromatic heterocycles. The smallest absolute Gasteiger partial charge is 0.110 e. The first kappa shape index (κ1) is 9.74. The van der Waals surface area contributed by atoms with Gasteiger partial charge in [0.15, 0.2) is 0 Å². The van der Waals surface area contributed by atoms with Crippen LogP contribution in [0.1, 0.15) is 29.3 Å². The van der Waals surface area contributed by atoms with Gasteiger partial charge in [0.1, 0.15) is 5.76 Å². The lowest BCUT2D eigenvalue weighted by Gasteiger charge is -2.31. The molecule has 2 atom stereocenters. The molecule has 0 aromatic carbocycles. The average molecular weight is 194 g/mol. The minimum Gasteiger partial charge on any atom is -0.469 e. The summed E-state index contributed by atoms with van der Waals surface area (Å²) in [6.45, 7) is 2.11. The molecular weight excluding hydrogens is 176 g/mol. The summed E-state index contributed by atoms with van der Waals surface area (Å²) >= 11 is 0. The van der Waals surface area contributed by atoms with Crippen LogP contribution in [0.25, 0.3) is 0 Å². The van der Waals surface area contributed by atoms with Crippen molar-refractivity contribution in [3.05, 3.63) is 23.2 Å². The molecule has 0 amide bonds. The molecule has 2 N–H and O–H groups in total. The first-order valence-corrected chi connectivity index (χ1v) is 5.08. The van der Waals surface area contributed by atoms with Gasteiger partial charge in [-0.05, 0) is 33.0 Å². The summed E-state index contributed by atoms with van der Waals surface area (Å²) in [4.78, 5) is 2.22. The van der Waals surface area contributed by atoms with E-state index in [1.54, 1.807) is 0 Å². The molecule has 1 aliphatic carbocycles. The summed E-state index contributed by atoms with van der Waals surface area (Å²) in [6.07, 6.45) is 3.76. The molecule has 3 nitrogen and oxygen atoms in total. The van der Waals surface area contributed by atoms with Gasteiger partial charge in [0.25, 0.3) is 0 Å². The second-order valence-electron chi connectivity index (χ2n) is 4.43. The quantitative estimate of drug-likeness (QED) is 0.736. The van der Waals surface area contributed by atoms with Crippen LogP contribution in [-0.2, 0) is 6.42 Å². The molecule has 2 rings (SSSR count). The largest absolute Gasteiger partial charge is 0.469 e. The van der Waals surface area contributed by atoms with Crippen LogP contribution >= 0.6 is 0 Å². The number of aryl methyl sites for hydroxylation is 1. The Hall–Kier alpha value is -0.800. The molecular formula is C11H18N2O. The van der Waals surface area contributed by atoms with E-state index in [1.165, 1.54) is 11.1 Å². The van der Waals surface area contributed by atoms with E-state index in [4.69, 9.17) is 10.2 Å². The highest BCUT2D eigenvalue weighted by Gasteiger charge is 2.30. The fourth-order valence-electron chi connectivity index (χ4n) is 2.31. The SMILES string of the molecule is Cc1coc2c1C(N(C)C)CC(N)C2. The second kappa shape index (κ2) is 3.41. The third-order valence-electron chi connectivity index (χ3n) is 3.03. The van der Waals surface area contributed by atoms with E-state index in [2.05, 4.69) is 25.9 Å². The molecule has 0 fully saturated rings. The zero-order valence-electron chi connectivity index (χ0n) is 9.08. The van der Waals surface area contributed by atoms with Gasteiger partial charge in [-0.1, -0.05) is 0 Å². The predicted molar refractivity (Wildman–Crippen MR) is 56.2 cm³/mol. The van der Waals surface area contributed by atoms with Crippen molar-refractivity contribution in [3.63, 3.8) is 0 Å². The summed E-state index contributed by atoms with van der Waals surface area (Å²) in [5.41, 5.74) is 8.61. The molecule has 1 aliphatic rings. The maximum absolute atomic E-state index is 6.00. The number of fused-ring (bicyclic) bond motifs is 1. The average Bonchev–Trinajstić information content (AvgIpc) is 2.46. The fraction of sp³-hybridized carbons (Fsp3) is 0.636. The van der Waals surface area contributed by atoms with Gasteiger partial charge in [-0.25, -0.2) is 0 Å². The van der Waals surface area contributed by atoms with Crippen LogP contribution < -0.4 is 5.73 Å². The highest BCUT2D eigenvalue weighted by molar-refractivity contribution is 5.33.